The van der Waals surface area contributed by atoms with Gasteiger partial charge in [-0.05, 0) is 18.1 Å². The molecule has 0 aliphatic carbocycles. The molecule has 17 heavy (non-hydrogen) atoms. The summed E-state index contributed by atoms with van der Waals surface area (Å²) >= 11 is 0. The zero-order valence-corrected chi connectivity index (χ0v) is 9.78. The van der Waals surface area contributed by atoms with Crippen LogP contribution in [-0.4, -0.2) is 24.4 Å². The van der Waals surface area contributed by atoms with Crippen LogP contribution in [0.2, 0.25) is 0 Å². The van der Waals surface area contributed by atoms with Gasteiger partial charge in [-0.1, -0.05) is 13.8 Å². The fourth-order valence-electron chi connectivity index (χ4n) is 1.78. The molecule has 3 aromatic heterocycles. The van der Waals surface area contributed by atoms with E-state index in [2.05, 4.69) is 35.1 Å². The monoisotopic (exact) mass is 227 g/mol. The molecule has 0 aromatic carbocycles. The third-order valence-electron chi connectivity index (χ3n) is 2.70. The molecule has 0 atom stereocenters. The Morgan fingerprint density at radius 1 is 1.18 bits per heavy atom. The summed E-state index contributed by atoms with van der Waals surface area (Å²) in [7, 11) is 0. The second-order valence-corrected chi connectivity index (χ2v) is 4.26. The van der Waals surface area contributed by atoms with Crippen molar-refractivity contribution in [2.75, 3.05) is 0 Å². The number of fused-ring (bicyclic) bond motifs is 1. The molecule has 0 saturated heterocycles. The first-order chi connectivity index (χ1) is 8.25. The van der Waals surface area contributed by atoms with Gasteiger partial charge in [0.25, 0.3) is 0 Å². The van der Waals surface area contributed by atoms with Crippen molar-refractivity contribution < 1.29 is 0 Å². The van der Waals surface area contributed by atoms with Crippen LogP contribution in [-0.2, 0) is 0 Å². The van der Waals surface area contributed by atoms with Crippen LogP contribution in [0.1, 0.15) is 25.5 Å². The van der Waals surface area contributed by atoms with Crippen molar-refractivity contribution in [2.24, 2.45) is 0 Å². The first-order valence-corrected chi connectivity index (χ1v) is 5.60. The number of hydrogen-bond acceptors (Lipinski definition) is 3. The summed E-state index contributed by atoms with van der Waals surface area (Å²) in [5, 5.41) is 8.72. The largest absolute Gasteiger partial charge is 0.235 e. The van der Waals surface area contributed by atoms with Crippen LogP contribution in [0.4, 0.5) is 0 Å². The summed E-state index contributed by atoms with van der Waals surface area (Å²) in [4.78, 5) is 4.36. The number of rotatable bonds is 2. The van der Waals surface area contributed by atoms with Crippen molar-refractivity contribution in [3.8, 4) is 5.82 Å². The Morgan fingerprint density at radius 2 is 2.06 bits per heavy atom. The highest BCUT2D eigenvalue weighted by molar-refractivity contribution is 5.60. The number of nitrogens with zero attached hydrogens (tertiary/aromatic N) is 5. The van der Waals surface area contributed by atoms with E-state index >= 15 is 0 Å². The number of hydrogen-bond donors (Lipinski definition) is 0. The normalized spacial score (nSPS) is 11.5. The lowest BCUT2D eigenvalue weighted by Crippen LogP contribution is -2.01. The minimum absolute atomic E-state index is 0.403. The van der Waals surface area contributed by atoms with Gasteiger partial charge in [-0.2, -0.15) is 10.2 Å². The molecular formula is C12H13N5. The van der Waals surface area contributed by atoms with E-state index in [9.17, 15) is 0 Å². The van der Waals surface area contributed by atoms with E-state index in [1.54, 1.807) is 17.1 Å². The summed E-state index contributed by atoms with van der Waals surface area (Å²) in [6.45, 7) is 4.26. The average molecular weight is 227 g/mol. The Hall–Kier alpha value is -2.17. The van der Waals surface area contributed by atoms with Gasteiger partial charge in [-0.25, -0.2) is 14.2 Å². The highest BCUT2D eigenvalue weighted by Gasteiger charge is 2.10. The molecule has 0 N–H and O–H groups in total. The van der Waals surface area contributed by atoms with E-state index in [-0.39, 0.29) is 0 Å². The fourth-order valence-corrected chi connectivity index (χ4v) is 1.78. The molecule has 0 aliphatic heterocycles. The lowest BCUT2D eigenvalue weighted by atomic mass is 10.1. The van der Waals surface area contributed by atoms with E-state index in [0.717, 1.165) is 17.0 Å². The average Bonchev–Trinajstić information content (AvgIpc) is 2.97. The second-order valence-electron chi connectivity index (χ2n) is 4.26. The Labute approximate surface area is 98.7 Å². The molecule has 0 spiro atoms. The van der Waals surface area contributed by atoms with Crippen LogP contribution >= 0.6 is 0 Å². The highest BCUT2D eigenvalue weighted by atomic mass is 15.3. The van der Waals surface area contributed by atoms with Crippen LogP contribution in [0.15, 0.2) is 36.9 Å². The van der Waals surface area contributed by atoms with Gasteiger partial charge in [0.2, 0.25) is 0 Å². The van der Waals surface area contributed by atoms with Gasteiger partial charge < -0.3 is 0 Å². The van der Waals surface area contributed by atoms with Crippen LogP contribution < -0.4 is 0 Å². The number of aromatic nitrogens is 5. The van der Waals surface area contributed by atoms with E-state index in [0.29, 0.717) is 5.92 Å². The van der Waals surface area contributed by atoms with Crippen molar-refractivity contribution in [3.63, 3.8) is 0 Å². The molecule has 5 nitrogen and oxygen atoms in total. The maximum atomic E-state index is 4.52. The summed E-state index contributed by atoms with van der Waals surface area (Å²) in [6.07, 6.45) is 7.21. The van der Waals surface area contributed by atoms with Crippen LogP contribution in [0.3, 0.4) is 0 Å². The SMILES string of the molecule is CC(C)c1cc2c(-n3cccn3)nccn2n1. The third kappa shape index (κ3) is 1.60. The quantitative estimate of drug-likeness (QED) is 0.673. The van der Waals surface area contributed by atoms with Crippen molar-refractivity contribution in [3.05, 3.63) is 42.6 Å². The van der Waals surface area contributed by atoms with Gasteiger partial charge in [0.15, 0.2) is 5.82 Å². The van der Waals surface area contributed by atoms with Crippen LogP contribution in [0.5, 0.6) is 0 Å². The second kappa shape index (κ2) is 3.69. The molecule has 3 aromatic rings. The van der Waals surface area contributed by atoms with Crippen molar-refractivity contribution >= 4 is 5.52 Å². The van der Waals surface area contributed by atoms with Crippen LogP contribution in [0, 0.1) is 0 Å². The predicted molar refractivity (Wildman–Crippen MR) is 64.2 cm³/mol. The van der Waals surface area contributed by atoms with Gasteiger partial charge in [0, 0.05) is 24.8 Å². The van der Waals surface area contributed by atoms with E-state index in [4.69, 9.17) is 0 Å². The fraction of sp³-hybridized carbons (Fsp3) is 0.250. The van der Waals surface area contributed by atoms with Gasteiger partial charge in [-0.15, -0.1) is 0 Å². The predicted octanol–water partition coefficient (Wildman–Crippen LogP) is 2.04. The lowest BCUT2D eigenvalue weighted by Gasteiger charge is -2.01. The van der Waals surface area contributed by atoms with Crippen molar-refractivity contribution in [2.45, 2.75) is 19.8 Å². The maximum Gasteiger partial charge on any atom is 0.179 e. The minimum atomic E-state index is 0.403. The molecule has 0 radical (unpaired) electrons. The van der Waals surface area contributed by atoms with Crippen molar-refractivity contribution in [1.82, 2.24) is 24.4 Å². The molecule has 0 amide bonds. The van der Waals surface area contributed by atoms with Gasteiger partial charge in [-0.3, -0.25) is 0 Å². The summed E-state index contributed by atoms with van der Waals surface area (Å²) in [5.74, 6) is 1.21. The topological polar surface area (TPSA) is 48.0 Å². The smallest absolute Gasteiger partial charge is 0.179 e. The maximum absolute atomic E-state index is 4.52. The molecule has 0 unspecified atom stereocenters. The van der Waals surface area contributed by atoms with Gasteiger partial charge in [0.05, 0.1) is 5.69 Å². The first-order valence-electron chi connectivity index (χ1n) is 5.60. The molecule has 5 heteroatoms. The van der Waals surface area contributed by atoms with Crippen molar-refractivity contribution in [1.29, 1.82) is 0 Å². The molecule has 0 bridgehead atoms. The summed E-state index contributed by atoms with van der Waals surface area (Å²) in [5.41, 5.74) is 2.03. The molecule has 0 aliphatic rings. The van der Waals surface area contributed by atoms with Gasteiger partial charge in [0.1, 0.15) is 5.52 Å². The molecule has 3 heterocycles. The van der Waals surface area contributed by atoms with Gasteiger partial charge >= 0.3 is 0 Å². The Bertz CT molecular complexity index is 636. The Kier molecular flexibility index (Phi) is 2.18. The highest BCUT2D eigenvalue weighted by Crippen LogP contribution is 2.18. The van der Waals surface area contributed by atoms with E-state index < -0.39 is 0 Å². The molecule has 0 fully saturated rings. The first kappa shape index (κ1) is 10.0. The minimum Gasteiger partial charge on any atom is -0.235 e. The summed E-state index contributed by atoms with van der Waals surface area (Å²) in [6, 6.07) is 3.94. The standard InChI is InChI=1S/C12H13N5/c1-9(2)10-8-11-12(17-6-3-4-14-17)13-5-7-16(11)15-10/h3-9H,1-2H3. The molecule has 3 rings (SSSR count). The van der Waals surface area contributed by atoms with E-state index in [1.165, 1.54) is 0 Å². The van der Waals surface area contributed by atoms with Crippen LogP contribution in [0.25, 0.3) is 11.3 Å². The summed E-state index contributed by atoms with van der Waals surface area (Å²) < 4.78 is 3.60. The zero-order valence-electron chi connectivity index (χ0n) is 9.78. The van der Waals surface area contributed by atoms with E-state index in [1.807, 2.05) is 23.0 Å². The molecular weight excluding hydrogens is 214 g/mol. The zero-order chi connectivity index (χ0) is 11.8. The third-order valence-corrected chi connectivity index (χ3v) is 2.70. The Balaban J connectivity index is 2.25. The molecule has 86 valence electrons. The Morgan fingerprint density at radius 3 is 2.76 bits per heavy atom. The molecule has 0 saturated carbocycles. The lowest BCUT2D eigenvalue weighted by molar-refractivity contribution is 0.781.